The summed E-state index contributed by atoms with van der Waals surface area (Å²) in [6.07, 6.45) is -0.598. The minimum Gasteiger partial charge on any atom is -0.388 e. The van der Waals surface area contributed by atoms with Crippen LogP contribution in [0.5, 0.6) is 0 Å². The maximum absolute atomic E-state index is 11.2. The molecule has 0 aromatic heterocycles. The molecule has 0 spiro atoms. The lowest BCUT2D eigenvalue weighted by Crippen LogP contribution is -2.46. The van der Waals surface area contributed by atoms with Gasteiger partial charge in [0.15, 0.2) is 6.29 Å². The first-order valence-electron chi connectivity index (χ1n) is 4.77. The Kier molecular flexibility index (Phi) is 2.47. The molecule has 5 nitrogen and oxygen atoms in total. The van der Waals surface area contributed by atoms with E-state index in [-0.39, 0.29) is 24.3 Å². The van der Waals surface area contributed by atoms with Crippen LogP contribution in [0.1, 0.15) is 13.3 Å². The van der Waals surface area contributed by atoms with E-state index >= 15 is 0 Å². The van der Waals surface area contributed by atoms with Gasteiger partial charge in [-0.25, -0.2) is 0 Å². The molecule has 1 N–H and O–H groups in total. The third-order valence-electron chi connectivity index (χ3n) is 2.98. The van der Waals surface area contributed by atoms with Crippen molar-refractivity contribution in [2.45, 2.75) is 37.9 Å². The van der Waals surface area contributed by atoms with Gasteiger partial charge in [-0.05, 0) is 0 Å². The summed E-state index contributed by atoms with van der Waals surface area (Å²) < 4.78 is 10.5. The fourth-order valence-electron chi connectivity index (χ4n) is 2.22. The summed E-state index contributed by atoms with van der Waals surface area (Å²) in [6.45, 7) is 1.98. The molecule has 0 radical (unpaired) electrons. The number of fused-ring (bicyclic) bond motifs is 2. The van der Waals surface area contributed by atoms with Crippen LogP contribution in [0.2, 0.25) is 0 Å². The Balaban J connectivity index is 2.13. The number of methoxy groups -OCH3 is 1. The summed E-state index contributed by atoms with van der Waals surface area (Å²) in [6, 6.07) is -0.142. The van der Waals surface area contributed by atoms with Gasteiger partial charge in [0.2, 0.25) is 5.91 Å². The van der Waals surface area contributed by atoms with Gasteiger partial charge in [-0.15, -0.1) is 0 Å². The molecule has 5 heteroatoms. The highest BCUT2D eigenvalue weighted by Crippen LogP contribution is 2.31. The third-order valence-corrected chi connectivity index (χ3v) is 2.98. The van der Waals surface area contributed by atoms with E-state index in [0.29, 0.717) is 13.0 Å². The molecule has 0 aromatic carbocycles. The minimum atomic E-state index is -0.565. The van der Waals surface area contributed by atoms with Crippen molar-refractivity contribution < 1.29 is 19.4 Å². The van der Waals surface area contributed by atoms with E-state index in [1.807, 2.05) is 0 Å². The molecule has 0 saturated carbocycles. The third kappa shape index (κ3) is 1.41. The summed E-state index contributed by atoms with van der Waals surface area (Å²) in [5, 5.41) is 9.77. The Morgan fingerprint density at radius 3 is 2.93 bits per heavy atom. The van der Waals surface area contributed by atoms with E-state index in [2.05, 4.69) is 0 Å². The number of carbonyl (C=O) groups is 1. The van der Waals surface area contributed by atoms with Gasteiger partial charge >= 0.3 is 0 Å². The number of rotatable bonds is 1. The zero-order valence-corrected chi connectivity index (χ0v) is 8.34. The first kappa shape index (κ1) is 9.89. The molecule has 2 aliphatic rings. The molecule has 14 heavy (non-hydrogen) atoms. The van der Waals surface area contributed by atoms with E-state index in [1.54, 1.807) is 12.0 Å². The van der Waals surface area contributed by atoms with Crippen LogP contribution in [0.15, 0.2) is 0 Å². The van der Waals surface area contributed by atoms with E-state index in [4.69, 9.17) is 9.47 Å². The Bertz CT molecular complexity index is 245. The van der Waals surface area contributed by atoms with Gasteiger partial charge in [0.05, 0.1) is 6.04 Å². The number of ether oxygens (including phenoxy) is 2. The van der Waals surface area contributed by atoms with Gasteiger partial charge in [-0.2, -0.15) is 0 Å². The molecule has 2 fully saturated rings. The highest BCUT2D eigenvalue weighted by atomic mass is 16.7. The van der Waals surface area contributed by atoms with Crippen molar-refractivity contribution in [3.8, 4) is 0 Å². The summed E-state index contributed by atoms with van der Waals surface area (Å²) in [5.41, 5.74) is 0. The van der Waals surface area contributed by atoms with Crippen molar-refractivity contribution in [1.82, 2.24) is 4.90 Å². The van der Waals surface area contributed by atoms with Crippen molar-refractivity contribution >= 4 is 5.91 Å². The molecule has 0 aromatic rings. The second kappa shape index (κ2) is 3.49. The molecule has 0 aliphatic carbocycles. The van der Waals surface area contributed by atoms with E-state index < -0.39 is 6.10 Å². The normalized spacial score (nSPS) is 41.5. The van der Waals surface area contributed by atoms with Crippen molar-refractivity contribution in [3.63, 3.8) is 0 Å². The van der Waals surface area contributed by atoms with Crippen LogP contribution in [0.4, 0.5) is 0 Å². The van der Waals surface area contributed by atoms with Crippen LogP contribution in [-0.2, 0) is 14.3 Å². The number of nitrogens with zero attached hydrogens (tertiary/aromatic N) is 1. The predicted molar refractivity (Wildman–Crippen MR) is 47.5 cm³/mol. The average molecular weight is 201 g/mol. The van der Waals surface area contributed by atoms with E-state index in [0.717, 1.165) is 0 Å². The summed E-state index contributed by atoms with van der Waals surface area (Å²) in [5.74, 6) is -0.0168. The first-order valence-corrected chi connectivity index (χ1v) is 4.77. The number of hydrogen-bond donors (Lipinski definition) is 1. The smallest absolute Gasteiger partial charge is 0.219 e. The van der Waals surface area contributed by atoms with Gasteiger partial charge in [0, 0.05) is 27.0 Å². The van der Waals surface area contributed by atoms with Crippen molar-refractivity contribution in [1.29, 1.82) is 0 Å². The van der Waals surface area contributed by atoms with Gasteiger partial charge < -0.3 is 19.5 Å². The van der Waals surface area contributed by atoms with Gasteiger partial charge in [-0.3, -0.25) is 4.79 Å². The maximum atomic E-state index is 11.2. The Labute approximate surface area is 82.6 Å². The molecule has 2 rings (SSSR count). The van der Waals surface area contributed by atoms with Crippen molar-refractivity contribution in [3.05, 3.63) is 0 Å². The fraction of sp³-hybridized carbons (Fsp3) is 0.889. The zero-order valence-electron chi connectivity index (χ0n) is 8.34. The van der Waals surface area contributed by atoms with Crippen LogP contribution in [-0.4, -0.2) is 54.1 Å². The highest BCUT2D eigenvalue weighted by molar-refractivity contribution is 5.74. The lowest BCUT2D eigenvalue weighted by atomic mass is 10.0. The number of hydrogen-bond acceptors (Lipinski definition) is 4. The number of carbonyl (C=O) groups excluding carboxylic acids is 1. The van der Waals surface area contributed by atoms with Gasteiger partial charge in [0.25, 0.3) is 0 Å². The van der Waals surface area contributed by atoms with Gasteiger partial charge in [0.1, 0.15) is 12.2 Å². The summed E-state index contributed by atoms with van der Waals surface area (Å²) in [7, 11) is 1.57. The standard InChI is InChI=1S/C9H15NO4/c1-5(11)10-4-7-9(12)6(10)3-8(13-2)14-7/h6-9,12H,3-4H2,1-2H3/t6-,7-,8+,9+/m1/s1. The van der Waals surface area contributed by atoms with E-state index in [9.17, 15) is 9.90 Å². The molecular weight excluding hydrogens is 186 g/mol. The number of likely N-dealkylation sites (tertiary alicyclic amines) is 1. The lowest BCUT2D eigenvalue weighted by Gasteiger charge is -2.32. The molecule has 80 valence electrons. The fourth-order valence-corrected chi connectivity index (χ4v) is 2.22. The highest BCUT2D eigenvalue weighted by Gasteiger charge is 2.48. The summed E-state index contributed by atoms with van der Waals surface area (Å²) >= 11 is 0. The number of aliphatic hydroxyl groups excluding tert-OH is 1. The Hall–Kier alpha value is -0.650. The number of aliphatic hydroxyl groups is 1. The number of amides is 1. The molecule has 4 atom stereocenters. The molecule has 1 amide bonds. The average Bonchev–Trinajstić information content (AvgIpc) is 2.38. The zero-order chi connectivity index (χ0) is 10.3. The van der Waals surface area contributed by atoms with Gasteiger partial charge in [-0.1, -0.05) is 0 Å². The molecule has 0 unspecified atom stereocenters. The molecular formula is C9H15NO4. The quantitative estimate of drug-likeness (QED) is 0.612. The van der Waals surface area contributed by atoms with Crippen molar-refractivity contribution in [2.75, 3.05) is 13.7 Å². The SMILES string of the molecule is CO[C@@H]1C[C@@H]2[C@H](O)[C@@H](CN2C(C)=O)O1. The largest absolute Gasteiger partial charge is 0.388 e. The maximum Gasteiger partial charge on any atom is 0.219 e. The molecule has 2 heterocycles. The second-order valence-corrected chi connectivity index (χ2v) is 3.80. The van der Waals surface area contributed by atoms with E-state index in [1.165, 1.54) is 6.92 Å². The minimum absolute atomic E-state index is 0.0168. The molecule has 2 saturated heterocycles. The molecule has 2 aliphatic heterocycles. The van der Waals surface area contributed by atoms with Crippen molar-refractivity contribution in [2.24, 2.45) is 0 Å². The monoisotopic (exact) mass is 201 g/mol. The molecule has 2 bridgehead atoms. The van der Waals surface area contributed by atoms with Crippen LogP contribution in [0.3, 0.4) is 0 Å². The van der Waals surface area contributed by atoms with Crippen LogP contribution in [0, 0.1) is 0 Å². The predicted octanol–water partition coefficient (Wildman–Crippen LogP) is -0.661. The topological polar surface area (TPSA) is 59.0 Å². The second-order valence-electron chi connectivity index (χ2n) is 3.80. The Morgan fingerprint density at radius 2 is 2.36 bits per heavy atom. The van der Waals surface area contributed by atoms with Crippen LogP contribution < -0.4 is 0 Å². The Morgan fingerprint density at radius 1 is 1.64 bits per heavy atom. The lowest BCUT2D eigenvalue weighted by molar-refractivity contribution is -0.199. The summed E-state index contributed by atoms with van der Waals surface area (Å²) in [4.78, 5) is 12.9. The first-order chi connectivity index (χ1) is 6.63. The van der Waals surface area contributed by atoms with Crippen LogP contribution >= 0.6 is 0 Å². The van der Waals surface area contributed by atoms with Crippen LogP contribution in [0.25, 0.3) is 0 Å².